The number of fused-ring (bicyclic) bond motifs is 1. The molecule has 0 aliphatic heterocycles. The van der Waals surface area contributed by atoms with Crippen LogP contribution in [0.4, 0.5) is 5.69 Å². The van der Waals surface area contributed by atoms with Crippen molar-refractivity contribution in [2.45, 2.75) is 0 Å². The summed E-state index contributed by atoms with van der Waals surface area (Å²) in [5.41, 5.74) is 5.53. The van der Waals surface area contributed by atoms with Gasteiger partial charge in [0.05, 0.1) is 31.6 Å². The largest absolute Gasteiger partial charge is 0.497 e. The van der Waals surface area contributed by atoms with E-state index in [0.717, 1.165) is 27.9 Å². The molecule has 0 bridgehead atoms. The summed E-state index contributed by atoms with van der Waals surface area (Å²) in [4.78, 5) is 4.31. The first kappa shape index (κ1) is 16.1. The lowest BCUT2D eigenvalue weighted by atomic mass is 10.2. The number of methoxy groups -OCH3 is 2. The molecule has 0 unspecified atom stereocenters. The second-order valence-corrected chi connectivity index (χ2v) is 5.43. The van der Waals surface area contributed by atoms with Crippen molar-refractivity contribution in [3.05, 3.63) is 59.2 Å². The Morgan fingerprint density at radius 3 is 2.75 bits per heavy atom. The maximum absolute atomic E-state index is 6.00. The third-order valence-corrected chi connectivity index (χ3v) is 3.77. The van der Waals surface area contributed by atoms with Crippen LogP contribution in [0, 0.1) is 0 Å². The number of nitrogens with one attached hydrogen (secondary N) is 1. The van der Waals surface area contributed by atoms with Crippen LogP contribution in [0.3, 0.4) is 0 Å². The monoisotopic (exact) mass is 341 g/mol. The molecule has 0 spiro atoms. The van der Waals surface area contributed by atoms with Crippen LogP contribution in [0.25, 0.3) is 10.9 Å². The Kier molecular flexibility index (Phi) is 4.82. The quantitative estimate of drug-likeness (QED) is 0.553. The summed E-state index contributed by atoms with van der Waals surface area (Å²) in [6, 6.07) is 13.0. The highest BCUT2D eigenvalue weighted by Crippen LogP contribution is 2.25. The van der Waals surface area contributed by atoms with Crippen LogP contribution in [0.5, 0.6) is 11.5 Å². The Balaban J connectivity index is 1.85. The zero-order chi connectivity index (χ0) is 16.9. The maximum atomic E-state index is 6.00. The van der Waals surface area contributed by atoms with E-state index in [1.54, 1.807) is 26.6 Å². The molecule has 0 aliphatic rings. The molecule has 3 rings (SSSR count). The van der Waals surface area contributed by atoms with Crippen molar-refractivity contribution in [1.82, 2.24) is 4.98 Å². The Hall–Kier alpha value is -2.79. The normalized spacial score (nSPS) is 11.0. The predicted molar refractivity (Wildman–Crippen MR) is 97.5 cm³/mol. The average Bonchev–Trinajstić information content (AvgIpc) is 2.61. The SMILES string of the molecule is COc1ccc(/C=N\Nc2ccnc3cc(Cl)ccc23)c(OC)c1. The van der Waals surface area contributed by atoms with Gasteiger partial charge in [0.25, 0.3) is 0 Å². The van der Waals surface area contributed by atoms with Crippen molar-refractivity contribution in [2.75, 3.05) is 19.6 Å². The molecule has 0 saturated carbocycles. The molecule has 122 valence electrons. The van der Waals surface area contributed by atoms with Gasteiger partial charge in [-0.25, -0.2) is 0 Å². The summed E-state index contributed by atoms with van der Waals surface area (Å²) in [6.07, 6.45) is 3.41. The molecule has 0 amide bonds. The van der Waals surface area contributed by atoms with Gasteiger partial charge in [-0.2, -0.15) is 5.10 Å². The summed E-state index contributed by atoms with van der Waals surface area (Å²) in [7, 11) is 3.23. The van der Waals surface area contributed by atoms with E-state index in [0.29, 0.717) is 10.8 Å². The lowest BCUT2D eigenvalue weighted by molar-refractivity contribution is 0.394. The highest BCUT2D eigenvalue weighted by Gasteiger charge is 2.04. The van der Waals surface area contributed by atoms with E-state index in [-0.39, 0.29) is 0 Å². The Morgan fingerprint density at radius 2 is 1.96 bits per heavy atom. The number of nitrogens with zero attached hydrogens (tertiary/aromatic N) is 2. The zero-order valence-electron chi connectivity index (χ0n) is 13.3. The minimum absolute atomic E-state index is 0.652. The lowest BCUT2D eigenvalue weighted by Gasteiger charge is -2.08. The summed E-state index contributed by atoms with van der Waals surface area (Å²) < 4.78 is 10.5. The van der Waals surface area contributed by atoms with Crippen molar-refractivity contribution in [2.24, 2.45) is 5.10 Å². The highest BCUT2D eigenvalue weighted by molar-refractivity contribution is 6.31. The lowest BCUT2D eigenvalue weighted by Crippen LogP contribution is -1.96. The minimum Gasteiger partial charge on any atom is -0.497 e. The van der Waals surface area contributed by atoms with Crippen LogP contribution >= 0.6 is 11.6 Å². The minimum atomic E-state index is 0.652. The van der Waals surface area contributed by atoms with Gasteiger partial charge in [-0.3, -0.25) is 10.4 Å². The van der Waals surface area contributed by atoms with Crippen LogP contribution in [-0.2, 0) is 0 Å². The number of anilines is 1. The van der Waals surface area contributed by atoms with E-state index in [1.165, 1.54) is 0 Å². The van der Waals surface area contributed by atoms with E-state index in [1.807, 2.05) is 42.5 Å². The van der Waals surface area contributed by atoms with Crippen molar-refractivity contribution in [3.63, 3.8) is 0 Å². The van der Waals surface area contributed by atoms with E-state index in [9.17, 15) is 0 Å². The average molecular weight is 342 g/mol. The van der Waals surface area contributed by atoms with Gasteiger partial charge in [0.15, 0.2) is 0 Å². The topological polar surface area (TPSA) is 55.7 Å². The maximum Gasteiger partial charge on any atom is 0.131 e. The number of benzene rings is 2. The summed E-state index contributed by atoms with van der Waals surface area (Å²) in [5, 5.41) is 5.89. The molecule has 0 aliphatic carbocycles. The Bertz CT molecular complexity index is 897. The van der Waals surface area contributed by atoms with E-state index in [4.69, 9.17) is 21.1 Å². The number of hydrazone groups is 1. The van der Waals surface area contributed by atoms with Gasteiger partial charge in [-0.05, 0) is 36.4 Å². The van der Waals surface area contributed by atoms with Crippen LogP contribution < -0.4 is 14.9 Å². The zero-order valence-corrected chi connectivity index (χ0v) is 14.0. The molecule has 1 heterocycles. The van der Waals surface area contributed by atoms with E-state index >= 15 is 0 Å². The van der Waals surface area contributed by atoms with Gasteiger partial charge in [-0.1, -0.05) is 11.6 Å². The molecule has 6 heteroatoms. The molecular weight excluding hydrogens is 326 g/mol. The van der Waals surface area contributed by atoms with Gasteiger partial charge in [0, 0.05) is 28.2 Å². The van der Waals surface area contributed by atoms with E-state index in [2.05, 4.69) is 15.5 Å². The fourth-order valence-electron chi connectivity index (χ4n) is 2.32. The number of rotatable bonds is 5. The number of aromatic nitrogens is 1. The summed E-state index contributed by atoms with van der Waals surface area (Å²) in [5.74, 6) is 1.42. The standard InChI is InChI=1S/C18H16ClN3O2/c1-23-14-5-3-12(18(10-14)24-2)11-21-22-16-7-8-20-17-9-13(19)4-6-15(16)17/h3-11H,1-2H3,(H,20,22)/b21-11-. The highest BCUT2D eigenvalue weighted by atomic mass is 35.5. The fraction of sp³-hybridized carbons (Fsp3) is 0.111. The molecule has 5 nitrogen and oxygen atoms in total. The molecule has 0 fully saturated rings. The van der Waals surface area contributed by atoms with Crippen molar-refractivity contribution in [3.8, 4) is 11.5 Å². The Morgan fingerprint density at radius 1 is 1.08 bits per heavy atom. The van der Waals surface area contributed by atoms with Crippen molar-refractivity contribution < 1.29 is 9.47 Å². The van der Waals surface area contributed by atoms with Crippen molar-refractivity contribution >= 4 is 34.4 Å². The smallest absolute Gasteiger partial charge is 0.131 e. The van der Waals surface area contributed by atoms with Crippen LogP contribution in [0.1, 0.15) is 5.56 Å². The predicted octanol–water partition coefficient (Wildman–Crippen LogP) is 4.35. The van der Waals surface area contributed by atoms with Gasteiger partial charge >= 0.3 is 0 Å². The number of hydrogen-bond donors (Lipinski definition) is 1. The molecule has 24 heavy (non-hydrogen) atoms. The number of ether oxygens (including phenoxy) is 2. The van der Waals surface area contributed by atoms with Gasteiger partial charge in [-0.15, -0.1) is 0 Å². The third-order valence-electron chi connectivity index (χ3n) is 3.53. The first-order valence-electron chi connectivity index (χ1n) is 7.26. The molecule has 1 N–H and O–H groups in total. The van der Waals surface area contributed by atoms with Crippen molar-refractivity contribution in [1.29, 1.82) is 0 Å². The first-order chi connectivity index (χ1) is 11.7. The molecule has 0 saturated heterocycles. The van der Waals surface area contributed by atoms with Gasteiger partial charge in [0.2, 0.25) is 0 Å². The Labute approximate surface area is 144 Å². The second kappa shape index (κ2) is 7.19. The van der Waals surface area contributed by atoms with Crippen LogP contribution in [-0.4, -0.2) is 25.4 Å². The molecular formula is C18H16ClN3O2. The second-order valence-electron chi connectivity index (χ2n) is 5.00. The molecule has 0 atom stereocenters. The van der Waals surface area contributed by atoms with Crippen LogP contribution in [0.2, 0.25) is 5.02 Å². The number of pyridine rings is 1. The molecule has 3 aromatic rings. The number of hydrogen-bond acceptors (Lipinski definition) is 5. The summed E-state index contributed by atoms with van der Waals surface area (Å²) >= 11 is 6.00. The van der Waals surface area contributed by atoms with Gasteiger partial charge < -0.3 is 9.47 Å². The summed E-state index contributed by atoms with van der Waals surface area (Å²) in [6.45, 7) is 0. The fourth-order valence-corrected chi connectivity index (χ4v) is 2.48. The third kappa shape index (κ3) is 3.41. The molecule has 2 aromatic carbocycles. The van der Waals surface area contributed by atoms with Gasteiger partial charge in [0.1, 0.15) is 11.5 Å². The molecule has 0 radical (unpaired) electrons. The van der Waals surface area contributed by atoms with Crippen LogP contribution in [0.15, 0.2) is 53.8 Å². The number of halogens is 1. The first-order valence-corrected chi connectivity index (χ1v) is 7.64. The molecule has 1 aromatic heterocycles. The van der Waals surface area contributed by atoms with E-state index < -0.39 is 0 Å².